The number of nitrogens with one attached hydrogen (secondary N) is 1. The molecule has 8 nitrogen and oxygen atoms in total. The summed E-state index contributed by atoms with van der Waals surface area (Å²) in [6, 6.07) is 11.9. The summed E-state index contributed by atoms with van der Waals surface area (Å²) in [6.07, 6.45) is 0. The Morgan fingerprint density at radius 1 is 1.11 bits per heavy atom. The Kier molecular flexibility index (Phi) is 6.54. The summed E-state index contributed by atoms with van der Waals surface area (Å²) >= 11 is 0. The van der Waals surface area contributed by atoms with Crippen LogP contribution in [0.3, 0.4) is 0 Å². The van der Waals surface area contributed by atoms with Gasteiger partial charge in [-0.15, -0.1) is 0 Å². The number of carbonyl (C=O) groups is 2. The Hall–Kier alpha value is -2.91. The molecular formula is C18H20N2O6S. The van der Waals surface area contributed by atoms with Crippen LogP contribution < -0.4 is 15.2 Å². The first-order valence-electron chi connectivity index (χ1n) is 7.94. The first-order chi connectivity index (χ1) is 12.7. The number of ether oxygens (including phenoxy) is 2. The fraction of sp³-hybridized carbons (Fsp3) is 0.222. The summed E-state index contributed by atoms with van der Waals surface area (Å²) < 4.78 is 32.6. The minimum Gasteiger partial charge on any atom is -0.496 e. The maximum atomic E-state index is 12.1. The highest BCUT2D eigenvalue weighted by atomic mass is 32.2. The van der Waals surface area contributed by atoms with Crippen molar-refractivity contribution in [3.8, 4) is 5.75 Å². The van der Waals surface area contributed by atoms with Crippen LogP contribution in [-0.2, 0) is 19.6 Å². The first kappa shape index (κ1) is 20.4. The van der Waals surface area contributed by atoms with Gasteiger partial charge < -0.3 is 14.8 Å². The Balaban J connectivity index is 1.92. The fourth-order valence-electron chi connectivity index (χ4n) is 2.33. The molecule has 0 aromatic heterocycles. The lowest BCUT2D eigenvalue weighted by Gasteiger charge is -2.15. The predicted octanol–water partition coefficient (Wildman–Crippen LogP) is 1.38. The number of esters is 1. The van der Waals surface area contributed by atoms with Gasteiger partial charge in [0.1, 0.15) is 11.3 Å². The highest BCUT2D eigenvalue weighted by Gasteiger charge is 2.16. The summed E-state index contributed by atoms with van der Waals surface area (Å²) in [5, 5.41) is 7.71. The third-order valence-electron chi connectivity index (χ3n) is 3.75. The van der Waals surface area contributed by atoms with E-state index in [0.29, 0.717) is 11.3 Å². The molecule has 2 aromatic rings. The number of carbonyl (C=O) groups excluding carboxylic acids is 2. The number of benzene rings is 2. The lowest BCUT2D eigenvalue weighted by atomic mass is 10.1. The van der Waals surface area contributed by atoms with Crippen LogP contribution in [-0.4, -0.2) is 34.0 Å². The molecule has 0 fully saturated rings. The van der Waals surface area contributed by atoms with Crippen molar-refractivity contribution in [3.05, 3.63) is 59.7 Å². The molecule has 9 heteroatoms. The summed E-state index contributed by atoms with van der Waals surface area (Å²) in [4.78, 5) is 24.1. The zero-order valence-corrected chi connectivity index (χ0v) is 15.7. The summed E-state index contributed by atoms with van der Waals surface area (Å²) in [7, 11) is -2.34. The van der Waals surface area contributed by atoms with E-state index in [1.165, 1.54) is 25.3 Å². The van der Waals surface area contributed by atoms with Crippen molar-refractivity contribution >= 4 is 21.9 Å². The second kappa shape index (κ2) is 8.65. The van der Waals surface area contributed by atoms with Crippen LogP contribution in [0.25, 0.3) is 0 Å². The van der Waals surface area contributed by atoms with Crippen LogP contribution >= 0.6 is 0 Å². The van der Waals surface area contributed by atoms with Gasteiger partial charge in [0.2, 0.25) is 10.0 Å². The second-order valence-electron chi connectivity index (χ2n) is 5.68. The van der Waals surface area contributed by atoms with Crippen molar-refractivity contribution in [2.24, 2.45) is 5.14 Å². The van der Waals surface area contributed by atoms with Crippen LogP contribution in [0, 0.1) is 0 Å². The largest absolute Gasteiger partial charge is 0.496 e. The molecular weight excluding hydrogens is 372 g/mol. The maximum absolute atomic E-state index is 12.1. The van der Waals surface area contributed by atoms with Gasteiger partial charge in [0.15, 0.2) is 6.61 Å². The molecule has 0 spiro atoms. The minimum absolute atomic E-state index is 0.0180. The standard InChI is InChI=1S/C18H20N2O6S/c1-12(13-7-9-14(10-8-13)27(19,23)24)20-17(21)11-26-18(22)15-5-3-4-6-16(15)25-2/h3-10,12H,11H2,1-2H3,(H,20,21)(H2,19,23,24)/t12-/m0/s1. The normalized spacial score (nSPS) is 12.1. The molecule has 0 unspecified atom stereocenters. The average Bonchev–Trinajstić information content (AvgIpc) is 2.65. The van der Waals surface area contributed by atoms with E-state index < -0.39 is 34.5 Å². The van der Waals surface area contributed by atoms with Crippen molar-refractivity contribution < 1.29 is 27.5 Å². The monoisotopic (exact) mass is 392 g/mol. The van der Waals surface area contributed by atoms with E-state index in [4.69, 9.17) is 14.6 Å². The number of sulfonamides is 1. The number of hydrogen-bond donors (Lipinski definition) is 2. The predicted molar refractivity (Wildman–Crippen MR) is 97.6 cm³/mol. The van der Waals surface area contributed by atoms with Gasteiger partial charge in [0.25, 0.3) is 5.91 Å². The number of rotatable bonds is 7. The van der Waals surface area contributed by atoms with E-state index in [9.17, 15) is 18.0 Å². The van der Waals surface area contributed by atoms with Gasteiger partial charge in [0, 0.05) is 0 Å². The molecule has 1 amide bonds. The molecule has 144 valence electrons. The van der Waals surface area contributed by atoms with Crippen molar-refractivity contribution in [3.63, 3.8) is 0 Å². The number of amides is 1. The van der Waals surface area contributed by atoms with Crippen LogP contribution in [0.4, 0.5) is 0 Å². The Bertz CT molecular complexity index is 925. The molecule has 0 saturated carbocycles. The molecule has 3 N–H and O–H groups in total. The van der Waals surface area contributed by atoms with Gasteiger partial charge in [0.05, 0.1) is 18.0 Å². The van der Waals surface area contributed by atoms with Gasteiger partial charge in [-0.05, 0) is 36.8 Å². The van der Waals surface area contributed by atoms with Gasteiger partial charge in [-0.25, -0.2) is 18.4 Å². The molecule has 27 heavy (non-hydrogen) atoms. The SMILES string of the molecule is COc1ccccc1C(=O)OCC(=O)N[C@@H](C)c1ccc(S(N)(=O)=O)cc1. The maximum Gasteiger partial charge on any atom is 0.342 e. The molecule has 2 aromatic carbocycles. The smallest absolute Gasteiger partial charge is 0.342 e. The van der Waals surface area contributed by atoms with Crippen molar-refractivity contribution in [2.45, 2.75) is 17.9 Å². The van der Waals surface area contributed by atoms with E-state index in [0.717, 1.165) is 0 Å². The average molecular weight is 392 g/mol. The highest BCUT2D eigenvalue weighted by molar-refractivity contribution is 7.89. The van der Waals surface area contributed by atoms with Gasteiger partial charge in [-0.2, -0.15) is 0 Å². The molecule has 0 heterocycles. The van der Waals surface area contributed by atoms with Crippen LogP contribution in [0.2, 0.25) is 0 Å². The quantitative estimate of drug-likeness (QED) is 0.686. The summed E-state index contributed by atoms with van der Waals surface area (Å²) in [5.74, 6) is -0.819. The van der Waals surface area contributed by atoms with E-state index in [-0.39, 0.29) is 10.5 Å². The lowest BCUT2D eigenvalue weighted by molar-refractivity contribution is -0.124. The van der Waals surface area contributed by atoms with E-state index in [1.807, 2.05) is 0 Å². The van der Waals surface area contributed by atoms with Crippen LogP contribution in [0.5, 0.6) is 5.75 Å². The van der Waals surface area contributed by atoms with E-state index in [2.05, 4.69) is 5.32 Å². The number of primary sulfonamides is 1. The fourth-order valence-corrected chi connectivity index (χ4v) is 2.85. The molecule has 0 bridgehead atoms. The van der Waals surface area contributed by atoms with Crippen LogP contribution in [0.1, 0.15) is 28.9 Å². The number of para-hydroxylation sites is 1. The Morgan fingerprint density at radius 3 is 2.33 bits per heavy atom. The molecule has 0 aliphatic rings. The minimum atomic E-state index is -3.77. The molecule has 0 saturated heterocycles. The van der Waals surface area contributed by atoms with Crippen LogP contribution in [0.15, 0.2) is 53.4 Å². The number of hydrogen-bond acceptors (Lipinski definition) is 6. The molecule has 0 aliphatic carbocycles. The molecule has 0 radical (unpaired) electrons. The van der Waals surface area contributed by atoms with Gasteiger partial charge in [-0.1, -0.05) is 24.3 Å². The van der Waals surface area contributed by atoms with Gasteiger partial charge in [-0.3, -0.25) is 4.79 Å². The summed E-state index contributed by atoms with van der Waals surface area (Å²) in [6.45, 7) is 1.25. The van der Waals surface area contributed by atoms with Crippen molar-refractivity contribution in [1.29, 1.82) is 0 Å². The number of methoxy groups -OCH3 is 1. The van der Waals surface area contributed by atoms with Crippen molar-refractivity contribution in [2.75, 3.05) is 13.7 Å². The third-order valence-corrected chi connectivity index (χ3v) is 4.68. The Morgan fingerprint density at radius 2 is 1.74 bits per heavy atom. The number of nitrogens with two attached hydrogens (primary N) is 1. The second-order valence-corrected chi connectivity index (χ2v) is 7.24. The van der Waals surface area contributed by atoms with E-state index in [1.54, 1.807) is 37.3 Å². The molecule has 2 rings (SSSR count). The molecule has 0 aliphatic heterocycles. The summed E-state index contributed by atoms with van der Waals surface area (Å²) in [5.41, 5.74) is 0.895. The topological polar surface area (TPSA) is 125 Å². The first-order valence-corrected chi connectivity index (χ1v) is 9.49. The lowest BCUT2D eigenvalue weighted by Crippen LogP contribution is -2.31. The zero-order valence-electron chi connectivity index (χ0n) is 14.8. The zero-order chi connectivity index (χ0) is 20.0. The molecule has 1 atom stereocenters. The van der Waals surface area contributed by atoms with E-state index >= 15 is 0 Å². The third kappa shape index (κ3) is 5.53. The Labute approximate surface area is 157 Å². The van der Waals surface area contributed by atoms with Gasteiger partial charge >= 0.3 is 5.97 Å². The highest BCUT2D eigenvalue weighted by Crippen LogP contribution is 2.18. The van der Waals surface area contributed by atoms with Crippen molar-refractivity contribution in [1.82, 2.24) is 5.32 Å².